The summed E-state index contributed by atoms with van der Waals surface area (Å²) in [6.45, 7) is 1.89. The maximum absolute atomic E-state index is 12.5. The number of hydrogen-bond acceptors (Lipinski definition) is 3. The maximum Gasteiger partial charge on any atom is 0.263 e. The van der Waals surface area contributed by atoms with Gasteiger partial charge in [-0.1, -0.05) is 28.1 Å². The summed E-state index contributed by atoms with van der Waals surface area (Å²) in [7, 11) is -2.23. The van der Waals surface area contributed by atoms with Gasteiger partial charge in [0.1, 0.15) is 10.6 Å². The van der Waals surface area contributed by atoms with Crippen LogP contribution in [-0.2, 0) is 10.0 Å². The predicted molar refractivity (Wildman–Crippen MR) is 90.4 cm³/mol. The van der Waals surface area contributed by atoms with Crippen molar-refractivity contribution < 1.29 is 13.2 Å². The third-order valence-corrected chi connectivity index (χ3v) is 6.03. The number of benzene rings is 2. The zero-order valence-corrected chi connectivity index (χ0v) is 15.3. The Morgan fingerprint density at radius 2 is 1.76 bits per heavy atom. The third kappa shape index (κ3) is 3.59. The van der Waals surface area contributed by atoms with E-state index >= 15 is 0 Å². The summed E-state index contributed by atoms with van der Waals surface area (Å²) in [5.41, 5.74) is 1.33. The minimum atomic E-state index is -3.72. The van der Waals surface area contributed by atoms with Crippen LogP contribution in [0.1, 0.15) is 5.56 Å². The van der Waals surface area contributed by atoms with Crippen LogP contribution in [-0.4, -0.2) is 15.5 Å². The topological polar surface area (TPSA) is 55.4 Å². The largest absolute Gasteiger partial charge is 0.495 e. The minimum Gasteiger partial charge on any atom is -0.495 e. The fourth-order valence-electron chi connectivity index (χ4n) is 1.76. The lowest BCUT2D eigenvalue weighted by Gasteiger charge is -2.13. The Bertz CT molecular complexity index is 776. The summed E-state index contributed by atoms with van der Waals surface area (Å²) in [6.07, 6.45) is 0. The van der Waals surface area contributed by atoms with E-state index in [1.54, 1.807) is 36.4 Å². The van der Waals surface area contributed by atoms with Crippen molar-refractivity contribution in [3.05, 3.63) is 50.9 Å². The van der Waals surface area contributed by atoms with Crippen molar-refractivity contribution in [2.24, 2.45) is 0 Å². The number of methoxy groups -OCH3 is 1. The lowest BCUT2D eigenvalue weighted by molar-refractivity contribution is 0.417. The Kier molecular flexibility index (Phi) is 4.95. The van der Waals surface area contributed by atoms with Gasteiger partial charge in [-0.05, 0) is 52.7 Å². The van der Waals surface area contributed by atoms with Crippen molar-refractivity contribution in [1.82, 2.24) is 0 Å². The first-order chi connectivity index (χ1) is 9.85. The summed E-state index contributed by atoms with van der Waals surface area (Å²) in [4.78, 5) is 0.158. The zero-order chi connectivity index (χ0) is 15.6. The first kappa shape index (κ1) is 16.3. The number of nitrogens with one attached hydrogen (secondary N) is 1. The van der Waals surface area contributed by atoms with Crippen molar-refractivity contribution in [3.8, 4) is 5.75 Å². The van der Waals surface area contributed by atoms with E-state index in [9.17, 15) is 8.42 Å². The van der Waals surface area contributed by atoms with E-state index in [1.807, 2.05) is 6.92 Å². The molecule has 0 amide bonds. The molecule has 7 heteroatoms. The smallest absolute Gasteiger partial charge is 0.263 e. The van der Waals surface area contributed by atoms with Crippen LogP contribution in [0.15, 0.2) is 50.2 Å². The molecule has 0 bridgehead atoms. The fraction of sp³-hybridized carbons (Fsp3) is 0.143. The van der Waals surface area contributed by atoms with Gasteiger partial charge in [0.25, 0.3) is 10.0 Å². The lowest BCUT2D eigenvalue weighted by atomic mass is 10.2. The number of halogens is 2. The van der Waals surface area contributed by atoms with Crippen LogP contribution in [0, 0.1) is 6.92 Å². The molecule has 0 atom stereocenters. The molecule has 0 saturated carbocycles. The van der Waals surface area contributed by atoms with Crippen LogP contribution in [0.3, 0.4) is 0 Å². The third-order valence-electron chi connectivity index (χ3n) is 2.85. The minimum absolute atomic E-state index is 0.158. The molecular weight excluding hydrogens is 422 g/mol. The molecule has 0 aliphatic carbocycles. The molecule has 0 spiro atoms. The van der Waals surface area contributed by atoms with Gasteiger partial charge in [-0.3, -0.25) is 4.72 Å². The number of anilines is 1. The van der Waals surface area contributed by atoms with E-state index < -0.39 is 10.0 Å². The molecule has 112 valence electrons. The lowest BCUT2D eigenvalue weighted by Crippen LogP contribution is -2.14. The van der Waals surface area contributed by atoms with Gasteiger partial charge >= 0.3 is 0 Å². The number of para-hydroxylation sites is 2. The van der Waals surface area contributed by atoms with Crippen LogP contribution in [0.5, 0.6) is 5.75 Å². The normalized spacial score (nSPS) is 11.2. The van der Waals surface area contributed by atoms with Crippen LogP contribution in [0.25, 0.3) is 0 Å². The Morgan fingerprint density at radius 3 is 2.43 bits per heavy atom. The molecule has 2 rings (SSSR count). The standard InChI is InChI=1S/C14H13Br2NO3S/c1-9-7-11(16)14(8-10(9)15)21(18,19)17-12-5-3-4-6-13(12)20-2/h3-8,17H,1-2H3. The van der Waals surface area contributed by atoms with E-state index in [0.29, 0.717) is 15.9 Å². The highest BCUT2D eigenvalue weighted by Gasteiger charge is 2.20. The second kappa shape index (κ2) is 6.37. The predicted octanol–water partition coefficient (Wildman–Crippen LogP) is 4.33. The molecule has 0 saturated heterocycles. The summed E-state index contributed by atoms with van der Waals surface area (Å²) < 4.78 is 34.0. The van der Waals surface area contributed by atoms with Gasteiger partial charge in [-0.25, -0.2) is 8.42 Å². The molecule has 0 radical (unpaired) electrons. The van der Waals surface area contributed by atoms with Gasteiger partial charge in [-0.15, -0.1) is 0 Å². The number of rotatable bonds is 4. The highest BCUT2D eigenvalue weighted by molar-refractivity contribution is 9.11. The average molecular weight is 435 g/mol. The Morgan fingerprint density at radius 1 is 1.10 bits per heavy atom. The second-order valence-corrected chi connectivity index (χ2v) is 7.70. The molecule has 0 heterocycles. The Hall–Kier alpha value is -1.05. The van der Waals surface area contributed by atoms with Crippen LogP contribution in [0.4, 0.5) is 5.69 Å². The molecule has 4 nitrogen and oxygen atoms in total. The summed E-state index contributed by atoms with van der Waals surface area (Å²) in [6, 6.07) is 10.2. The van der Waals surface area contributed by atoms with Crippen LogP contribution in [0.2, 0.25) is 0 Å². The van der Waals surface area contributed by atoms with Crippen molar-refractivity contribution in [1.29, 1.82) is 0 Å². The van der Waals surface area contributed by atoms with E-state index in [1.165, 1.54) is 7.11 Å². The molecule has 0 aromatic heterocycles. The van der Waals surface area contributed by atoms with Gasteiger partial charge in [0.15, 0.2) is 0 Å². The first-order valence-corrected chi connectivity index (χ1v) is 9.03. The van der Waals surface area contributed by atoms with E-state index in [4.69, 9.17) is 4.74 Å². The van der Waals surface area contributed by atoms with Gasteiger partial charge in [0.05, 0.1) is 12.8 Å². The molecule has 0 fully saturated rings. The molecular formula is C14H13Br2NO3S. The fourth-order valence-corrected chi connectivity index (χ4v) is 4.51. The highest BCUT2D eigenvalue weighted by Crippen LogP contribution is 2.32. The number of sulfonamides is 1. The van der Waals surface area contributed by atoms with Crippen molar-refractivity contribution in [3.63, 3.8) is 0 Å². The number of ether oxygens (including phenoxy) is 1. The number of hydrogen-bond donors (Lipinski definition) is 1. The number of aryl methyl sites for hydroxylation is 1. The molecule has 0 aliphatic rings. The summed E-state index contributed by atoms with van der Waals surface area (Å²) >= 11 is 6.64. The van der Waals surface area contributed by atoms with Gasteiger partial charge < -0.3 is 4.74 Å². The van der Waals surface area contributed by atoms with Crippen LogP contribution >= 0.6 is 31.9 Å². The quantitative estimate of drug-likeness (QED) is 0.778. The molecule has 2 aromatic carbocycles. The molecule has 0 unspecified atom stereocenters. The first-order valence-electron chi connectivity index (χ1n) is 5.96. The second-order valence-electron chi connectivity index (χ2n) is 4.34. The van der Waals surface area contributed by atoms with Crippen molar-refractivity contribution in [2.75, 3.05) is 11.8 Å². The van der Waals surface area contributed by atoms with E-state index in [0.717, 1.165) is 10.0 Å². The SMILES string of the molecule is COc1ccccc1NS(=O)(=O)c1cc(Br)c(C)cc1Br. The average Bonchev–Trinajstić information content (AvgIpc) is 2.43. The van der Waals surface area contributed by atoms with Crippen molar-refractivity contribution in [2.45, 2.75) is 11.8 Å². The summed E-state index contributed by atoms with van der Waals surface area (Å²) in [5, 5.41) is 0. The molecule has 2 aromatic rings. The monoisotopic (exact) mass is 433 g/mol. The van der Waals surface area contributed by atoms with Crippen LogP contribution < -0.4 is 9.46 Å². The Balaban J connectivity index is 2.46. The molecule has 0 aliphatic heterocycles. The van der Waals surface area contributed by atoms with Gasteiger partial charge in [0.2, 0.25) is 0 Å². The van der Waals surface area contributed by atoms with Gasteiger partial charge in [0, 0.05) is 8.95 Å². The van der Waals surface area contributed by atoms with E-state index in [2.05, 4.69) is 36.6 Å². The highest BCUT2D eigenvalue weighted by atomic mass is 79.9. The molecule has 1 N–H and O–H groups in total. The Labute approximate surface area is 140 Å². The maximum atomic E-state index is 12.5. The van der Waals surface area contributed by atoms with Gasteiger partial charge in [-0.2, -0.15) is 0 Å². The molecule has 21 heavy (non-hydrogen) atoms. The van der Waals surface area contributed by atoms with Crippen molar-refractivity contribution >= 4 is 47.6 Å². The zero-order valence-electron chi connectivity index (χ0n) is 11.4. The summed E-state index contributed by atoms with van der Waals surface area (Å²) in [5.74, 6) is 0.461. The van der Waals surface area contributed by atoms with E-state index in [-0.39, 0.29) is 4.90 Å².